The summed E-state index contributed by atoms with van der Waals surface area (Å²) >= 11 is 0. The Hall–Kier alpha value is -4.74. The van der Waals surface area contributed by atoms with Crippen molar-refractivity contribution in [2.75, 3.05) is 19.7 Å². The van der Waals surface area contributed by atoms with Gasteiger partial charge >= 0.3 is 18.2 Å². The number of amides is 1. The lowest BCUT2D eigenvalue weighted by atomic mass is 10.1. The Bertz CT molecular complexity index is 1510. The number of H-pyrrole nitrogens is 1. The van der Waals surface area contributed by atoms with Gasteiger partial charge in [-0.3, -0.25) is 0 Å². The van der Waals surface area contributed by atoms with Crippen molar-refractivity contribution in [2.24, 2.45) is 0 Å². The standard InChI is InChI=1S/C29H26F3N3O6/c1-2-38-27(36)25-16-18-15-23(8-9-24(18)34-25)39-22-11-13-35(14-12-22)28(37)41-21-6-4-20(5-7-21)40-26-10-3-19(17-33-26)29(30,31)32/h3-10,15-17,22,34H,2,11-14H2,1H3. The topological polar surface area (TPSA) is 103 Å². The van der Waals surface area contributed by atoms with Gasteiger partial charge in [0.15, 0.2) is 0 Å². The number of nitrogens with zero attached hydrogens (tertiary/aromatic N) is 2. The minimum atomic E-state index is -4.48. The largest absolute Gasteiger partial charge is 0.490 e. The van der Waals surface area contributed by atoms with Crippen LogP contribution in [0.25, 0.3) is 10.9 Å². The zero-order valence-corrected chi connectivity index (χ0v) is 21.9. The molecule has 214 valence electrons. The molecule has 4 aromatic rings. The second-order valence-electron chi connectivity index (χ2n) is 9.28. The van der Waals surface area contributed by atoms with E-state index >= 15 is 0 Å². The molecule has 2 aromatic heterocycles. The number of carbonyl (C=O) groups excluding carboxylic acids is 2. The normalized spacial score (nSPS) is 14.1. The maximum atomic E-state index is 12.7. The van der Waals surface area contributed by atoms with Gasteiger partial charge in [0.25, 0.3) is 0 Å². The number of hydrogen-bond donors (Lipinski definition) is 1. The van der Waals surface area contributed by atoms with Gasteiger partial charge < -0.3 is 28.8 Å². The number of nitrogens with one attached hydrogen (secondary N) is 1. The first-order chi connectivity index (χ1) is 19.7. The fraction of sp³-hybridized carbons (Fsp3) is 0.276. The maximum absolute atomic E-state index is 12.7. The van der Waals surface area contributed by atoms with Crippen LogP contribution in [0.15, 0.2) is 66.9 Å². The zero-order chi connectivity index (χ0) is 29.0. The molecule has 9 nitrogen and oxygen atoms in total. The van der Waals surface area contributed by atoms with E-state index in [9.17, 15) is 22.8 Å². The molecule has 0 radical (unpaired) electrons. The molecular weight excluding hydrogens is 543 g/mol. The fourth-order valence-corrected chi connectivity index (χ4v) is 4.32. The molecule has 5 rings (SSSR count). The van der Waals surface area contributed by atoms with E-state index in [1.807, 2.05) is 18.2 Å². The van der Waals surface area contributed by atoms with Crippen molar-refractivity contribution < 1.29 is 41.7 Å². The number of rotatable bonds is 7. The SMILES string of the molecule is CCOC(=O)c1cc2cc(OC3CCN(C(=O)Oc4ccc(Oc5ccc(C(F)(F)F)cn5)cc4)CC3)ccc2[nH]1. The summed E-state index contributed by atoms with van der Waals surface area (Å²) in [7, 11) is 0. The zero-order valence-electron chi connectivity index (χ0n) is 21.9. The predicted molar refractivity (Wildman–Crippen MR) is 141 cm³/mol. The van der Waals surface area contributed by atoms with Gasteiger partial charge in [0, 0.05) is 49.1 Å². The third-order valence-electron chi connectivity index (χ3n) is 6.41. The molecule has 0 bridgehead atoms. The summed E-state index contributed by atoms with van der Waals surface area (Å²) in [6, 6.07) is 15.4. The first-order valence-corrected chi connectivity index (χ1v) is 12.9. The van der Waals surface area contributed by atoms with Crippen LogP contribution in [0.4, 0.5) is 18.0 Å². The molecule has 1 aliphatic heterocycles. The molecule has 12 heteroatoms. The third kappa shape index (κ3) is 6.89. The molecule has 0 unspecified atom stereocenters. The Morgan fingerprint density at radius 1 is 0.976 bits per heavy atom. The van der Waals surface area contributed by atoms with Crippen LogP contribution >= 0.6 is 0 Å². The van der Waals surface area contributed by atoms with Crippen molar-refractivity contribution in [3.63, 3.8) is 0 Å². The van der Waals surface area contributed by atoms with E-state index in [-0.39, 0.29) is 12.0 Å². The Morgan fingerprint density at radius 3 is 2.34 bits per heavy atom. The highest BCUT2D eigenvalue weighted by atomic mass is 19.4. The van der Waals surface area contributed by atoms with Crippen LogP contribution in [-0.2, 0) is 10.9 Å². The molecule has 1 N–H and O–H groups in total. The summed E-state index contributed by atoms with van der Waals surface area (Å²) < 4.78 is 60.1. The van der Waals surface area contributed by atoms with Crippen molar-refractivity contribution in [1.29, 1.82) is 0 Å². The molecule has 1 fully saturated rings. The van der Waals surface area contributed by atoms with Gasteiger partial charge in [0.2, 0.25) is 5.88 Å². The van der Waals surface area contributed by atoms with Gasteiger partial charge in [-0.15, -0.1) is 0 Å². The number of carbonyl (C=O) groups is 2. The van der Waals surface area contributed by atoms with Crippen LogP contribution in [0.2, 0.25) is 0 Å². The van der Waals surface area contributed by atoms with Gasteiger partial charge in [-0.1, -0.05) is 0 Å². The molecule has 1 amide bonds. The highest BCUT2D eigenvalue weighted by molar-refractivity contribution is 5.95. The number of pyridine rings is 1. The van der Waals surface area contributed by atoms with E-state index in [1.54, 1.807) is 17.9 Å². The van der Waals surface area contributed by atoms with Gasteiger partial charge in [0.1, 0.15) is 29.0 Å². The van der Waals surface area contributed by atoms with Crippen LogP contribution in [0.5, 0.6) is 23.1 Å². The van der Waals surface area contributed by atoms with Gasteiger partial charge in [-0.25, -0.2) is 14.6 Å². The fourth-order valence-electron chi connectivity index (χ4n) is 4.32. The van der Waals surface area contributed by atoms with Crippen molar-refractivity contribution in [3.8, 4) is 23.1 Å². The van der Waals surface area contributed by atoms with Crippen molar-refractivity contribution in [1.82, 2.24) is 14.9 Å². The average Bonchev–Trinajstić information content (AvgIpc) is 3.38. The summed E-state index contributed by atoms with van der Waals surface area (Å²) in [5, 5.41) is 0.832. The highest BCUT2D eigenvalue weighted by Crippen LogP contribution is 2.30. The minimum absolute atomic E-state index is 0.00211. The molecule has 1 saturated heterocycles. The summed E-state index contributed by atoms with van der Waals surface area (Å²) in [5.41, 5.74) is 0.310. The number of hydrogen-bond acceptors (Lipinski definition) is 7. The number of alkyl halides is 3. The Labute approximate surface area is 232 Å². The second kappa shape index (κ2) is 11.8. The first kappa shape index (κ1) is 27.8. The van der Waals surface area contributed by atoms with E-state index in [0.29, 0.717) is 61.7 Å². The molecule has 1 aliphatic rings. The predicted octanol–water partition coefficient (Wildman–Crippen LogP) is 6.59. The lowest BCUT2D eigenvalue weighted by molar-refractivity contribution is -0.137. The van der Waals surface area contributed by atoms with Crippen LogP contribution in [-0.4, -0.2) is 52.7 Å². The molecule has 3 heterocycles. The van der Waals surface area contributed by atoms with Crippen molar-refractivity contribution in [3.05, 3.63) is 78.1 Å². The van der Waals surface area contributed by atoms with E-state index < -0.39 is 23.8 Å². The summed E-state index contributed by atoms with van der Waals surface area (Å²) in [6.07, 6.45) is -3.14. The quantitative estimate of drug-likeness (QED) is 0.250. The van der Waals surface area contributed by atoms with E-state index in [0.717, 1.165) is 23.0 Å². The van der Waals surface area contributed by atoms with E-state index in [2.05, 4.69) is 9.97 Å². The van der Waals surface area contributed by atoms with Gasteiger partial charge in [-0.05, 0) is 61.5 Å². The van der Waals surface area contributed by atoms with Crippen LogP contribution < -0.4 is 14.2 Å². The molecular formula is C29H26F3N3O6. The number of aromatic nitrogens is 2. The number of esters is 1. The van der Waals surface area contributed by atoms with Crippen molar-refractivity contribution in [2.45, 2.75) is 32.0 Å². The lowest BCUT2D eigenvalue weighted by Gasteiger charge is -2.31. The van der Waals surface area contributed by atoms with Crippen LogP contribution in [0.3, 0.4) is 0 Å². The number of ether oxygens (including phenoxy) is 4. The minimum Gasteiger partial charge on any atom is -0.490 e. The summed E-state index contributed by atoms with van der Waals surface area (Å²) in [6.45, 7) is 2.94. The molecule has 0 aliphatic carbocycles. The molecule has 0 spiro atoms. The highest BCUT2D eigenvalue weighted by Gasteiger charge is 2.31. The number of fused-ring (bicyclic) bond motifs is 1. The number of likely N-dealkylation sites (tertiary alicyclic amines) is 1. The number of piperidine rings is 1. The summed E-state index contributed by atoms with van der Waals surface area (Å²) in [4.78, 5) is 32.9. The first-order valence-electron chi connectivity index (χ1n) is 12.9. The lowest BCUT2D eigenvalue weighted by Crippen LogP contribution is -2.43. The third-order valence-corrected chi connectivity index (χ3v) is 6.41. The van der Waals surface area contributed by atoms with Crippen molar-refractivity contribution >= 4 is 23.0 Å². The number of benzene rings is 2. The van der Waals surface area contributed by atoms with E-state index in [1.165, 1.54) is 24.3 Å². The number of halogens is 3. The monoisotopic (exact) mass is 569 g/mol. The number of aromatic amines is 1. The Kier molecular flexibility index (Phi) is 7.99. The average molecular weight is 570 g/mol. The van der Waals surface area contributed by atoms with Gasteiger partial charge in [-0.2, -0.15) is 13.2 Å². The maximum Gasteiger partial charge on any atom is 0.417 e. The molecule has 41 heavy (non-hydrogen) atoms. The van der Waals surface area contributed by atoms with Gasteiger partial charge in [0.05, 0.1) is 12.2 Å². The Morgan fingerprint density at radius 2 is 1.68 bits per heavy atom. The van der Waals surface area contributed by atoms with E-state index in [4.69, 9.17) is 18.9 Å². The molecule has 0 saturated carbocycles. The summed E-state index contributed by atoms with van der Waals surface area (Å²) in [5.74, 6) is 0.877. The molecule has 2 aromatic carbocycles. The van der Waals surface area contributed by atoms with Crippen LogP contribution in [0.1, 0.15) is 35.8 Å². The Balaban J connectivity index is 1.09. The van der Waals surface area contributed by atoms with Crippen LogP contribution in [0, 0.1) is 0 Å². The molecule has 0 atom stereocenters. The smallest absolute Gasteiger partial charge is 0.417 e. The second-order valence-corrected chi connectivity index (χ2v) is 9.28.